The number of nitrogens with zero attached hydrogens (tertiary/aromatic N) is 3. The molecule has 4 rings (SSSR count). The van der Waals surface area contributed by atoms with Gasteiger partial charge in [-0.3, -0.25) is 19.4 Å². The number of carbonyl (C=O) groups excluding carboxylic acids is 3. The molecule has 0 radical (unpaired) electrons. The van der Waals surface area contributed by atoms with Crippen molar-refractivity contribution >= 4 is 57.2 Å². The van der Waals surface area contributed by atoms with E-state index in [9.17, 15) is 14.4 Å². The van der Waals surface area contributed by atoms with Gasteiger partial charge in [0.2, 0.25) is 5.91 Å². The van der Waals surface area contributed by atoms with E-state index in [1.807, 2.05) is 62.5 Å². The molecule has 9 nitrogen and oxygen atoms in total. The van der Waals surface area contributed by atoms with Crippen LogP contribution in [0.25, 0.3) is 10.9 Å². The molecule has 192 valence electrons. The third-order valence-corrected chi connectivity index (χ3v) is 7.88. The predicted octanol–water partition coefficient (Wildman–Crippen LogP) is 4.12. The molecule has 0 aliphatic heterocycles. The van der Waals surface area contributed by atoms with E-state index >= 15 is 0 Å². The number of hydrogen-bond donors (Lipinski definition) is 3. The second-order valence-electron chi connectivity index (χ2n) is 9.24. The highest BCUT2D eigenvalue weighted by Crippen LogP contribution is 2.32. The minimum absolute atomic E-state index is 0.0559. The summed E-state index contributed by atoms with van der Waals surface area (Å²) in [6.07, 6.45) is 2.39. The maximum Gasteiger partial charge on any atom is 0.270 e. The largest absolute Gasteiger partial charge is 0.395 e. The molecule has 4 aromatic rings. The first-order valence-electron chi connectivity index (χ1n) is 11.7. The summed E-state index contributed by atoms with van der Waals surface area (Å²) in [5.41, 5.74) is 12.1. The van der Waals surface area contributed by atoms with Crippen molar-refractivity contribution in [3.8, 4) is 0 Å². The summed E-state index contributed by atoms with van der Waals surface area (Å²) < 4.78 is 3.99. The highest BCUT2D eigenvalue weighted by Gasteiger charge is 2.36. The van der Waals surface area contributed by atoms with Crippen LogP contribution in [0.1, 0.15) is 63.8 Å². The number of carbonyl (C=O) groups is 3. The molecule has 3 heterocycles. The van der Waals surface area contributed by atoms with Gasteiger partial charge in [-0.25, -0.2) is 0 Å². The summed E-state index contributed by atoms with van der Waals surface area (Å²) in [5.74, 6) is -1.67. The molecule has 37 heavy (non-hydrogen) atoms. The smallest absolute Gasteiger partial charge is 0.270 e. The summed E-state index contributed by atoms with van der Waals surface area (Å²) in [7, 11) is 0. The van der Waals surface area contributed by atoms with Crippen molar-refractivity contribution in [2.45, 2.75) is 45.3 Å². The van der Waals surface area contributed by atoms with Gasteiger partial charge < -0.3 is 21.7 Å². The Morgan fingerprint density at radius 1 is 1.16 bits per heavy atom. The third-order valence-electron chi connectivity index (χ3n) is 6.17. The Kier molecular flexibility index (Phi) is 7.55. The molecule has 11 heteroatoms. The first kappa shape index (κ1) is 26.2. The lowest BCUT2D eigenvalue weighted by Gasteiger charge is -2.34. The standard InChI is InChI=1S/C26H28N6O3S2/c1-4-26(2,3)30-24(34)21(16-9-10-18-15(13-16)7-5-11-29-18)32(14-17-8-6-12-36-17)25(35)22-19(27)20(23(28)33)31-37-22/h5-13,21H,4,14,27H2,1-3H3,(H2,28,33)(H,30,34)/t21-/m0/s1. The molecule has 0 bridgehead atoms. The van der Waals surface area contributed by atoms with Gasteiger partial charge >= 0.3 is 0 Å². The van der Waals surface area contributed by atoms with Crippen molar-refractivity contribution in [3.63, 3.8) is 0 Å². The van der Waals surface area contributed by atoms with Crippen LogP contribution in [-0.2, 0) is 11.3 Å². The van der Waals surface area contributed by atoms with Crippen LogP contribution in [0.4, 0.5) is 5.69 Å². The Labute approximate surface area is 222 Å². The van der Waals surface area contributed by atoms with E-state index in [1.54, 1.807) is 12.3 Å². The Hall–Kier alpha value is -3.83. The van der Waals surface area contributed by atoms with Gasteiger partial charge in [-0.2, -0.15) is 4.37 Å². The number of primary amides is 1. The molecule has 1 aromatic carbocycles. The Balaban J connectivity index is 1.87. The summed E-state index contributed by atoms with van der Waals surface area (Å²) in [6.45, 7) is 5.99. The average Bonchev–Trinajstić information content (AvgIpc) is 3.52. The molecular formula is C26H28N6O3S2. The fraction of sp³-hybridized carbons (Fsp3) is 0.269. The van der Waals surface area contributed by atoms with Gasteiger partial charge in [0.1, 0.15) is 10.9 Å². The van der Waals surface area contributed by atoms with Crippen molar-refractivity contribution in [2.75, 3.05) is 5.73 Å². The van der Waals surface area contributed by atoms with Crippen LogP contribution in [-0.4, -0.2) is 37.5 Å². The number of nitrogens with one attached hydrogen (secondary N) is 1. The van der Waals surface area contributed by atoms with Gasteiger partial charge in [0.15, 0.2) is 5.69 Å². The fourth-order valence-electron chi connectivity index (χ4n) is 3.84. The van der Waals surface area contributed by atoms with Crippen LogP contribution in [0.15, 0.2) is 54.0 Å². The molecule has 0 aliphatic rings. The minimum Gasteiger partial charge on any atom is -0.395 e. The van der Waals surface area contributed by atoms with Crippen molar-refractivity contribution in [3.05, 3.63) is 75.1 Å². The van der Waals surface area contributed by atoms with E-state index in [0.717, 1.165) is 27.3 Å². The van der Waals surface area contributed by atoms with Crippen molar-refractivity contribution in [1.29, 1.82) is 0 Å². The summed E-state index contributed by atoms with van der Waals surface area (Å²) in [5, 5.41) is 5.84. The van der Waals surface area contributed by atoms with Gasteiger partial charge in [-0.05, 0) is 67.0 Å². The number of aromatic nitrogens is 2. The summed E-state index contributed by atoms with van der Waals surface area (Å²) in [6, 6.07) is 12.0. The lowest BCUT2D eigenvalue weighted by molar-refractivity contribution is -0.127. The molecule has 5 N–H and O–H groups in total. The number of anilines is 1. The number of fused-ring (bicyclic) bond motifs is 1. The van der Waals surface area contributed by atoms with Crippen LogP contribution in [0.3, 0.4) is 0 Å². The quantitative estimate of drug-likeness (QED) is 0.293. The van der Waals surface area contributed by atoms with Gasteiger partial charge in [0.05, 0.1) is 17.7 Å². The summed E-state index contributed by atoms with van der Waals surface area (Å²) in [4.78, 5) is 46.5. The SMILES string of the molecule is CCC(C)(C)NC(=O)[C@H](c1ccc2ncccc2c1)N(Cc1cccs1)C(=O)c1snc(C(N)=O)c1N. The van der Waals surface area contributed by atoms with Gasteiger partial charge in [-0.15, -0.1) is 11.3 Å². The maximum atomic E-state index is 14.0. The third kappa shape index (κ3) is 5.62. The van der Waals surface area contributed by atoms with E-state index < -0.39 is 23.4 Å². The highest BCUT2D eigenvalue weighted by atomic mass is 32.1. The zero-order chi connectivity index (χ0) is 26.7. The minimum atomic E-state index is -0.997. The van der Waals surface area contributed by atoms with Gasteiger partial charge in [-0.1, -0.05) is 25.1 Å². The monoisotopic (exact) mass is 536 g/mol. The van der Waals surface area contributed by atoms with E-state index in [1.165, 1.54) is 16.2 Å². The van der Waals surface area contributed by atoms with Crippen LogP contribution in [0.5, 0.6) is 0 Å². The van der Waals surface area contributed by atoms with Crippen LogP contribution < -0.4 is 16.8 Å². The number of rotatable bonds is 9. The van der Waals surface area contributed by atoms with E-state index in [2.05, 4.69) is 14.7 Å². The molecular weight excluding hydrogens is 508 g/mol. The Morgan fingerprint density at radius 3 is 2.59 bits per heavy atom. The molecule has 0 unspecified atom stereocenters. The highest BCUT2D eigenvalue weighted by molar-refractivity contribution is 7.10. The van der Waals surface area contributed by atoms with Crippen LogP contribution in [0, 0.1) is 0 Å². The van der Waals surface area contributed by atoms with Crippen molar-refractivity contribution in [1.82, 2.24) is 19.6 Å². The maximum absolute atomic E-state index is 14.0. The number of amides is 3. The van der Waals surface area contributed by atoms with Crippen molar-refractivity contribution < 1.29 is 14.4 Å². The first-order valence-corrected chi connectivity index (χ1v) is 13.3. The van der Waals surface area contributed by atoms with Crippen LogP contribution in [0.2, 0.25) is 0 Å². The second kappa shape index (κ2) is 10.7. The number of nitrogen functional groups attached to an aromatic ring is 1. The number of thiophene rings is 1. The fourth-order valence-corrected chi connectivity index (χ4v) is 5.30. The molecule has 0 fully saturated rings. The Morgan fingerprint density at radius 2 is 1.95 bits per heavy atom. The normalized spacial score (nSPS) is 12.3. The van der Waals surface area contributed by atoms with Crippen LogP contribution >= 0.6 is 22.9 Å². The average molecular weight is 537 g/mol. The Bertz CT molecular complexity index is 1450. The van der Waals surface area contributed by atoms with E-state index in [4.69, 9.17) is 11.5 Å². The number of pyridine rings is 1. The number of nitrogens with two attached hydrogens (primary N) is 2. The second-order valence-corrected chi connectivity index (χ2v) is 11.0. The molecule has 1 atom stereocenters. The summed E-state index contributed by atoms with van der Waals surface area (Å²) >= 11 is 2.26. The van der Waals surface area contributed by atoms with Gasteiger partial charge in [0.25, 0.3) is 11.8 Å². The molecule has 0 saturated heterocycles. The van der Waals surface area contributed by atoms with Crippen molar-refractivity contribution in [2.24, 2.45) is 5.73 Å². The molecule has 3 aromatic heterocycles. The number of hydrogen-bond acceptors (Lipinski definition) is 8. The molecule has 3 amide bonds. The zero-order valence-electron chi connectivity index (χ0n) is 20.7. The van der Waals surface area contributed by atoms with Gasteiger partial charge in [0, 0.05) is 22.0 Å². The molecule has 0 spiro atoms. The first-order chi connectivity index (χ1) is 17.6. The molecule has 0 saturated carbocycles. The predicted molar refractivity (Wildman–Crippen MR) is 146 cm³/mol. The number of benzene rings is 1. The lowest BCUT2D eigenvalue weighted by Crippen LogP contribution is -2.50. The van der Waals surface area contributed by atoms with E-state index in [-0.39, 0.29) is 28.7 Å². The van der Waals surface area contributed by atoms with E-state index in [0.29, 0.717) is 12.0 Å². The topological polar surface area (TPSA) is 144 Å². The zero-order valence-corrected chi connectivity index (χ0v) is 22.4. The molecule has 0 aliphatic carbocycles. The lowest BCUT2D eigenvalue weighted by atomic mass is 9.97.